The number of pyridine rings is 3. The zero-order valence-electron chi connectivity index (χ0n) is 15.7. The first-order valence-corrected chi connectivity index (χ1v) is 8.49. The number of fused-ring (bicyclic) bond motifs is 1. The Hall–Kier alpha value is -3.00. The lowest BCUT2D eigenvalue weighted by molar-refractivity contribution is 0.234. The van der Waals surface area contributed by atoms with Crippen LogP contribution in [-0.4, -0.2) is 31.8 Å². The third kappa shape index (κ3) is 3.90. The molecule has 0 bridgehead atoms. The van der Waals surface area contributed by atoms with Crippen molar-refractivity contribution >= 4 is 28.2 Å². The van der Waals surface area contributed by atoms with Gasteiger partial charge in [0.2, 0.25) is 0 Å². The molecule has 0 aromatic carbocycles. The number of aryl methyl sites for hydroxylation is 2. The zero-order valence-corrected chi connectivity index (χ0v) is 15.7. The van der Waals surface area contributed by atoms with Gasteiger partial charge in [0, 0.05) is 13.2 Å². The Morgan fingerprint density at radius 2 is 2.04 bits per heavy atom. The molecule has 3 heterocycles. The van der Waals surface area contributed by atoms with E-state index in [0.29, 0.717) is 33.8 Å². The molecule has 3 N–H and O–H groups in total. The van der Waals surface area contributed by atoms with Gasteiger partial charge in [0.25, 0.3) is 5.56 Å². The highest BCUT2D eigenvalue weighted by atomic mass is 19.1. The molecule has 8 heteroatoms. The molecule has 0 amide bonds. The minimum Gasteiger partial charge on any atom is -0.394 e. The predicted molar refractivity (Wildman–Crippen MR) is 104 cm³/mol. The normalized spacial score (nSPS) is 11.6. The van der Waals surface area contributed by atoms with Gasteiger partial charge in [0.1, 0.15) is 23.3 Å². The van der Waals surface area contributed by atoms with Gasteiger partial charge in [-0.2, -0.15) is 0 Å². The van der Waals surface area contributed by atoms with E-state index in [0.717, 1.165) is 6.20 Å². The second-order valence-corrected chi connectivity index (χ2v) is 7.16. The SMILES string of the molecule is Cc1cc(Nc2cc3ccn(C)c(=O)c3c(NC(C)(C)CO)n2)ncc1F. The fourth-order valence-corrected chi connectivity index (χ4v) is 2.61. The van der Waals surface area contributed by atoms with E-state index in [-0.39, 0.29) is 18.0 Å². The minimum atomic E-state index is -0.676. The Kier molecular flexibility index (Phi) is 4.84. The first-order chi connectivity index (χ1) is 12.7. The van der Waals surface area contributed by atoms with Crippen molar-refractivity contribution in [3.05, 3.63) is 52.3 Å². The summed E-state index contributed by atoms with van der Waals surface area (Å²) in [5, 5.41) is 16.9. The average Bonchev–Trinajstić information content (AvgIpc) is 2.61. The number of nitrogens with zero attached hydrogens (tertiary/aromatic N) is 3. The number of hydrogen-bond acceptors (Lipinski definition) is 6. The molecule has 0 aliphatic rings. The van der Waals surface area contributed by atoms with Gasteiger partial charge < -0.3 is 20.3 Å². The molecule has 142 valence electrons. The molecule has 0 unspecified atom stereocenters. The molecule has 0 aliphatic carbocycles. The fraction of sp³-hybridized carbons (Fsp3) is 0.316. The highest BCUT2D eigenvalue weighted by Gasteiger charge is 2.20. The quantitative estimate of drug-likeness (QED) is 0.639. The molecule has 0 radical (unpaired) electrons. The van der Waals surface area contributed by atoms with Crippen molar-refractivity contribution in [1.29, 1.82) is 0 Å². The summed E-state index contributed by atoms with van der Waals surface area (Å²) in [4.78, 5) is 21.1. The van der Waals surface area contributed by atoms with Crippen LogP contribution in [0.15, 0.2) is 35.4 Å². The lowest BCUT2D eigenvalue weighted by atomic mass is 10.1. The van der Waals surface area contributed by atoms with Crippen molar-refractivity contribution in [2.24, 2.45) is 7.05 Å². The molecule has 0 saturated heterocycles. The number of nitrogens with one attached hydrogen (secondary N) is 2. The summed E-state index contributed by atoms with van der Waals surface area (Å²) in [7, 11) is 1.67. The van der Waals surface area contributed by atoms with Crippen LogP contribution < -0.4 is 16.2 Å². The molecule has 0 aliphatic heterocycles. The summed E-state index contributed by atoms with van der Waals surface area (Å²) < 4.78 is 14.9. The third-order valence-electron chi connectivity index (χ3n) is 4.22. The number of halogens is 1. The smallest absolute Gasteiger partial charge is 0.261 e. The number of aromatic nitrogens is 3. The maximum Gasteiger partial charge on any atom is 0.261 e. The van der Waals surface area contributed by atoms with Crippen LogP contribution in [0.2, 0.25) is 0 Å². The second kappa shape index (κ2) is 6.96. The Labute approximate surface area is 155 Å². The first-order valence-electron chi connectivity index (χ1n) is 8.49. The Morgan fingerprint density at radius 1 is 1.30 bits per heavy atom. The molecule has 0 saturated carbocycles. The average molecular weight is 371 g/mol. The molecule has 7 nitrogen and oxygen atoms in total. The van der Waals surface area contributed by atoms with Crippen LogP contribution in [0.5, 0.6) is 0 Å². The van der Waals surface area contributed by atoms with Crippen LogP contribution in [0.1, 0.15) is 19.4 Å². The number of aliphatic hydroxyl groups excluding tert-OH is 1. The number of rotatable bonds is 5. The van der Waals surface area contributed by atoms with Gasteiger partial charge in [-0.25, -0.2) is 14.4 Å². The van der Waals surface area contributed by atoms with Crippen LogP contribution in [0.25, 0.3) is 10.8 Å². The van der Waals surface area contributed by atoms with E-state index in [1.165, 1.54) is 4.57 Å². The fourth-order valence-electron chi connectivity index (χ4n) is 2.61. The van der Waals surface area contributed by atoms with E-state index in [1.54, 1.807) is 46.1 Å². The molecular formula is C19H22FN5O2. The zero-order chi connectivity index (χ0) is 19.8. The summed E-state index contributed by atoms with van der Waals surface area (Å²) in [5.74, 6) is 0.860. The van der Waals surface area contributed by atoms with Gasteiger partial charge in [0.15, 0.2) is 0 Å². The van der Waals surface area contributed by atoms with Gasteiger partial charge in [-0.3, -0.25) is 4.79 Å². The monoisotopic (exact) mass is 371 g/mol. The number of hydrogen-bond donors (Lipinski definition) is 3. The van der Waals surface area contributed by atoms with Crippen molar-refractivity contribution in [3.8, 4) is 0 Å². The Balaban J connectivity index is 2.13. The minimum absolute atomic E-state index is 0.139. The molecule has 3 aromatic rings. The molecule has 27 heavy (non-hydrogen) atoms. The van der Waals surface area contributed by atoms with Gasteiger partial charge in [-0.15, -0.1) is 0 Å². The molecule has 0 spiro atoms. The summed E-state index contributed by atoms with van der Waals surface area (Å²) >= 11 is 0. The molecular weight excluding hydrogens is 349 g/mol. The highest BCUT2D eigenvalue weighted by Crippen LogP contribution is 2.26. The summed E-state index contributed by atoms with van der Waals surface area (Å²) in [6, 6.07) is 5.12. The van der Waals surface area contributed by atoms with Crippen molar-refractivity contribution in [2.45, 2.75) is 26.3 Å². The van der Waals surface area contributed by atoms with Crippen LogP contribution in [-0.2, 0) is 7.05 Å². The van der Waals surface area contributed by atoms with Gasteiger partial charge >= 0.3 is 0 Å². The second-order valence-electron chi connectivity index (χ2n) is 7.16. The molecule has 3 rings (SSSR count). The molecule has 0 atom stereocenters. The van der Waals surface area contributed by atoms with E-state index in [4.69, 9.17) is 0 Å². The maximum absolute atomic E-state index is 13.4. The van der Waals surface area contributed by atoms with Gasteiger partial charge in [0.05, 0.1) is 23.7 Å². The van der Waals surface area contributed by atoms with E-state index in [1.807, 2.05) is 6.07 Å². The van der Waals surface area contributed by atoms with Crippen LogP contribution in [0.3, 0.4) is 0 Å². The maximum atomic E-state index is 13.4. The Bertz CT molecular complexity index is 1060. The van der Waals surface area contributed by atoms with Crippen molar-refractivity contribution in [3.63, 3.8) is 0 Å². The number of aliphatic hydroxyl groups is 1. The van der Waals surface area contributed by atoms with E-state index in [2.05, 4.69) is 20.6 Å². The predicted octanol–water partition coefficient (Wildman–Crippen LogP) is 2.70. The van der Waals surface area contributed by atoms with E-state index in [9.17, 15) is 14.3 Å². The van der Waals surface area contributed by atoms with E-state index >= 15 is 0 Å². The standard InChI is InChI=1S/C19H22FN5O2/c1-11-7-14(21-9-13(11)20)22-15-8-12-5-6-25(4)18(27)16(12)17(23-15)24-19(2,3)10-26/h5-9,26H,10H2,1-4H3,(H2,21,22,23,24). The van der Waals surface area contributed by atoms with Gasteiger partial charge in [-0.1, -0.05) is 0 Å². The van der Waals surface area contributed by atoms with Crippen LogP contribution >= 0.6 is 0 Å². The van der Waals surface area contributed by atoms with E-state index < -0.39 is 5.54 Å². The van der Waals surface area contributed by atoms with Crippen LogP contribution in [0.4, 0.5) is 21.8 Å². The number of anilines is 3. The van der Waals surface area contributed by atoms with Crippen molar-refractivity contribution in [1.82, 2.24) is 14.5 Å². The van der Waals surface area contributed by atoms with Crippen molar-refractivity contribution in [2.75, 3.05) is 17.2 Å². The van der Waals surface area contributed by atoms with Crippen LogP contribution in [0, 0.1) is 12.7 Å². The lowest BCUT2D eigenvalue weighted by Crippen LogP contribution is -2.36. The summed E-state index contributed by atoms with van der Waals surface area (Å²) in [6.45, 7) is 5.12. The Morgan fingerprint density at radius 3 is 2.70 bits per heavy atom. The third-order valence-corrected chi connectivity index (χ3v) is 4.22. The van der Waals surface area contributed by atoms with Crippen molar-refractivity contribution < 1.29 is 9.50 Å². The largest absolute Gasteiger partial charge is 0.394 e. The summed E-state index contributed by atoms with van der Waals surface area (Å²) in [5.41, 5.74) is -0.412. The molecule has 3 aromatic heterocycles. The first kappa shape index (κ1) is 18.8. The topological polar surface area (TPSA) is 92.1 Å². The lowest BCUT2D eigenvalue weighted by Gasteiger charge is -2.25. The highest BCUT2D eigenvalue weighted by molar-refractivity contribution is 5.93. The summed E-state index contributed by atoms with van der Waals surface area (Å²) in [6.07, 6.45) is 2.82. The van der Waals surface area contributed by atoms with Gasteiger partial charge in [-0.05, 0) is 49.9 Å². The molecule has 0 fully saturated rings.